The zero-order valence-corrected chi connectivity index (χ0v) is 16.2. The van der Waals surface area contributed by atoms with Crippen LogP contribution in [0, 0.1) is 38.4 Å². The van der Waals surface area contributed by atoms with Crippen LogP contribution in [0.3, 0.4) is 0 Å². The predicted molar refractivity (Wildman–Crippen MR) is 102 cm³/mol. The van der Waals surface area contributed by atoms with E-state index < -0.39 is 0 Å². The number of hydrogen-bond donors (Lipinski definition) is 0. The number of amides is 1. The molecule has 3 atom stereocenters. The van der Waals surface area contributed by atoms with Gasteiger partial charge >= 0.3 is 0 Å². The summed E-state index contributed by atoms with van der Waals surface area (Å²) in [5.41, 5.74) is 2.99. The van der Waals surface area contributed by atoms with Gasteiger partial charge in [0.05, 0.1) is 6.04 Å². The van der Waals surface area contributed by atoms with Gasteiger partial charge < -0.3 is 9.80 Å². The summed E-state index contributed by atoms with van der Waals surface area (Å²) in [7, 11) is 0. The number of benzene rings is 1. The molecule has 0 saturated carbocycles. The van der Waals surface area contributed by atoms with Crippen molar-refractivity contribution in [3.05, 3.63) is 52.7 Å². The van der Waals surface area contributed by atoms with Crippen LogP contribution in [0.1, 0.15) is 35.6 Å². The minimum absolute atomic E-state index is 0.0510. The normalized spacial score (nSPS) is 24.4. The fourth-order valence-electron chi connectivity index (χ4n) is 4.72. The van der Waals surface area contributed by atoms with E-state index >= 15 is 0 Å². The number of aromatic nitrogens is 2. The van der Waals surface area contributed by atoms with Crippen molar-refractivity contribution >= 4 is 11.7 Å². The quantitative estimate of drug-likeness (QED) is 0.817. The largest absolute Gasteiger partial charge is 0.356 e. The second kappa shape index (κ2) is 6.59. The minimum Gasteiger partial charge on any atom is -0.356 e. The summed E-state index contributed by atoms with van der Waals surface area (Å²) in [5.74, 6) is 2.18. The molecule has 0 spiro atoms. The predicted octanol–water partition coefficient (Wildman–Crippen LogP) is 3.20. The molecule has 27 heavy (non-hydrogen) atoms. The lowest BCUT2D eigenvalue weighted by Crippen LogP contribution is -2.34. The van der Waals surface area contributed by atoms with Gasteiger partial charge in [-0.15, -0.1) is 0 Å². The van der Waals surface area contributed by atoms with Gasteiger partial charge in [-0.25, -0.2) is 14.4 Å². The molecule has 1 amide bonds. The number of halogens is 1. The first-order valence-electron chi connectivity index (χ1n) is 9.44. The molecule has 4 rings (SSSR count). The summed E-state index contributed by atoms with van der Waals surface area (Å²) >= 11 is 0. The number of nitrogens with zero attached hydrogens (tertiary/aromatic N) is 4. The molecule has 0 radical (unpaired) electrons. The van der Waals surface area contributed by atoms with Crippen LogP contribution in [0.25, 0.3) is 0 Å². The van der Waals surface area contributed by atoms with Gasteiger partial charge in [0.15, 0.2) is 0 Å². The summed E-state index contributed by atoms with van der Waals surface area (Å²) in [6.45, 7) is 9.97. The van der Waals surface area contributed by atoms with Crippen molar-refractivity contribution in [2.75, 3.05) is 24.5 Å². The van der Waals surface area contributed by atoms with Gasteiger partial charge in [0.1, 0.15) is 17.5 Å². The Morgan fingerprint density at radius 1 is 1.15 bits per heavy atom. The van der Waals surface area contributed by atoms with Crippen LogP contribution in [0.15, 0.2) is 24.3 Å². The minimum atomic E-state index is -0.257. The highest BCUT2D eigenvalue weighted by Crippen LogP contribution is 2.46. The molecule has 0 aliphatic carbocycles. The molecule has 3 heterocycles. The van der Waals surface area contributed by atoms with E-state index in [1.807, 2.05) is 24.8 Å². The third-order valence-corrected chi connectivity index (χ3v) is 6.03. The van der Waals surface area contributed by atoms with E-state index in [2.05, 4.69) is 21.8 Å². The Hall–Kier alpha value is -2.50. The summed E-state index contributed by atoms with van der Waals surface area (Å²) in [6, 6.07) is 6.58. The van der Waals surface area contributed by atoms with E-state index in [4.69, 9.17) is 0 Å². The summed E-state index contributed by atoms with van der Waals surface area (Å²) in [5, 5.41) is 0. The van der Waals surface area contributed by atoms with Gasteiger partial charge in [-0.2, -0.15) is 0 Å². The Labute approximate surface area is 159 Å². The first kappa shape index (κ1) is 17.9. The van der Waals surface area contributed by atoms with Gasteiger partial charge in [-0.05, 0) is 38.5 Å². The molecule has 2 aliphatic rings. The number of likely N-dealkylation sites (tertiary alicyclic amines) is 1. The van der Waals surface area contributed by atoms with Crippen LogP contribution in [0.2, 0.25) is 0 Å². The zero-order valence-electron chi connectivity index (χ0n) is 16.2. The van der Waals surface area contributed by atoms with Crippen LogP contribution in [-0.2, 0) is 4.79 Å². The summed E-state index contributed by atoms with van der Waals surface area (Å²) in [4.78, 5) is 25.6. The molecule has 1 aromatic carbocycles. The maximum atomic E-state index is 13.8. The van der Waals surface area contributed by atoms with Crippen molar-refractivity contribution < 1.29 is 9.18 Å². The van der Waals surface area contributed by atoms with E-state index in [-0.39, 0.29) is 23.7 Å². The van der Waals surface area contributed by atoms with Crippen LogP contribution in [-0.4, -0.2) is 40.4 Å². The van der Waals surface area contributed by atoms with Gasteiger partial charge in [-0.1, -0.05) is 12.1 Å². The Morgan fingerprint density at radius 2 is 1.93 bits per heavy atom. The third-order valence-electron chi connectivity index (χ3n) is 6.03. The van der Waals surface area contributed by atoms with Crippen molar-refractivity contribution in [2.24, 2.45) is 11.8 Å². The number of anilines is 1. The highest BCUT2D eigenvalue weighted by molar-refractivity contribution is 5.74. The van der Waals surface area contributed by atoms with Crippen molar-refractivity contribution in [1.29, 1.82) is 0 Å². The van der Waals surface area contributed by atoms with Crippen molar-refractivity contribution in [1.82, 2.24) is 14.9 Å². The number of carbonyl (C=O) groups is 1. The molecule has 6 heteroatoms. The van der Waals surface area contributed by atoms with E-state index in [1.54, 1.807) is 19.1 Å². The van der Waals surface area contributed by atoms with Crippen molar-refractivity contribution in [3.63, 3.8) is 0 Å². The van der Waals surface area contributed by atoms with Crippen molar-refractivity contribution in [3.8, 4) is 0 Å². The monoisotopic (exact) mass is 368 g/mol. The fourth-order valence-corrected chi connectivity index (χ4v) is 4.72. The van der Waals surface area contributed by atoms with E-state index in [9.17, 15) is 9.18 Å². The van der Waals surface area contributed by atoms with Crippen LogP contribution in [0.5, 0.6) is 0 Å². The smallest absolute Gasteiger partial charge is 0.219 e. The van der Waals surface area contributed by atoms with E-state index in [0.29, 0.717) is 12.5 Å². The standard InChI is InChI=1S/C21H25FN4O/c1-12-13(2)23-14(3)24-21(12)25-9-17-10-26(15(4)27)20(19(17)11-25)16-6-5-7-18(22)8-16/h5-8,17,19-20H,9-11H2,1-4H3/t17-,19-,20+/m1/s1. The Kier molecular flexibility index (Phi) is 4.36. The van der Waals surface area contributed by atoms with Gasteiger partial charge in [-0.3, -0.25) is 4.79 Å². The maximum absolute atomic E-state index is 13.8. The molecule has 2 saturated heterocycles. The lowest BCUT2D eigenvalue weighted by Gasteiger charge is -2.30. The topological polar surface area (TPSA) is 49.3 Å². The molecule has 2 fully saturated rings. The summed E-state index contributed by atoms with van der Waals surface area (Å²) < 4.78 is 13.8. The molecular weight excluding hydrogens is 343 g/mol. The number of fused-ring (bicyclic) bond motifs is 1. The SMILES string of the molecule is CC(=O)N1C[C@H]2CN(c3nc(C)nc(C)c3C)C[C@H]2[C@@H]1c1cccc(F)c1. The van der Waals surface area contributed by atoms with E-state index in [0.717, 1.165) is 41.6 Å². The molecule has 2 aliphatic heterocycles. The fraction of sp³-hybridized carbons (Fsp3) is 0.476. The second-order valence-electron chi connectivity index (χ2n) is 7.80. The molecular formula is C21H25FN4O. The third kappa shape index (κ3) is 3.07. The first-order chi connectivity index (χ1) is 12.8. The molecule has 5 nitrogen and oxygen atoms in total. The molecule has 0 N–H and O–H groups in total. The Morgan fingerprint density at radius 3 is 2.63 bits per heavy atom. The van der Waals surface area contributed by atoms with Crippen LogP contribution < -0.4 is 4.90 Å². The zero-order chi connectivity index (χ0) is 19.3. The lowest BCUT2D eigenvalue weighted by atomic mass is 9.89. The number of carbonyl (C=O) groups excluding carboxylic acids is 1. The maximum Gasteiger partial charge on any atom is 0.219 e. The van der Waals surface area contributed by atoms with Crippen LogP contribution >= 0.6 is 0 Å². The number of rotatable bonds is 2. The molecule has 1 aromatic heterocycles. The molecule has 0 unspecified atom stereocenters. The summed E-state index contributed by atoms with van der Waals surface area (Å²) in [6.07, 6.45) is 0. The van der Waals surface area contributed by atoms with Gasteiger partial charge in [0.25, 0.3) is 0 Å². The Balaban J connectivity index is 1.68. The second-order valence-corrected chi connectivity index (χ2v) is 7.80. The molecule has 0 bridgehead atoms. The lowest BCUT2D eigenvalue weighted by molar-refractivity contribution is -0.130. The number of hydrogen-bond acceptors (Lipinski definition) is 4. The average molecular weight is 368 g/mol. The highest BCUT2D eigenvalue weighted by Gasteiger charge is 2.49. The first-order valence-corrected chi connectivity index (χ1v) is 9.44. The molecule has 142 valence electrons. The Bertz CT molecular complexity index is 900. The van der Waals surface area contributed by atoms with E-state index in [1.165, 1.54) is 6.07 Å². The average Bonchev–Trinajstić information content (AvgIpc) is 3.15. The molecule has 2 aromatic rings. The van der Waals surface area contributed by atoms with Gasteiger partial charge in [0, 0.05) is 49.7 Å². The van der Waals surface area contributed by atoms with Crippen molar-refractivity contribution in [2.45, 2.75) is 33.7 Å². The van der Waals surface area contributed by atoms with Gasteiger partial charge in [0.2, 0.25) is 5.91 Å². The number of aryl methyl sites for hydroxylation is 2. The van der Waals surface area contributed by atoms with Crippen LogP contribution in [0.4, 0.5) is 10.2 Å². The highest BCUT2D eigenvalue weighted by atomic mass is 19.1.